The van der Waals surface area contributed by atoms with Crippen LogP contribution in [-0.4, -0.2) is 75.2 Å². The van der Waals surface area contributed by atoms with Gasteiger partial charge in [0.05, 0.1) is 6.42 Å². The molecule has 1 rings (SSSR count). The summed E-state index contributed by atoms with van der Waals surface area (Å²) in [6.07, 6.45) is 2.14. The first-order valence-corrected chi connectivity index (χ1v) is 9.87. The second kappa shape index (κ2) is 12.8. The van der Waals surface area contributed by atoms with Gasteiger partial charge >= 0.3 is 11.9 Å². The van der Waals surface area contributed by atoms with E-state index in [0.29, 0.717) is 19.3 Å². The fraction of sp³-hybridized carbons (Fsp3) is 0.526. The number of amides is 5. The smallest absolute Gasteiger partial charge is 0.305 e. The van der Waals surface area contributed by atoms with E-state index in [4.69, 9.17) is 15.9 Å². The number of carboxylic acid groups (broad SMARTS) is 2. The third kappa shape index (κ3) is 9.36. The molecule has 13 nitrogen and oxygen atoms in total. The summed E-state index contributed by atoms with van der Waals surface area (Å²) < 4.78 is 0. The van der Waals surface area contributed by atoms with Gasteiger partial charge in [-0.2, -0.15) is 0 Å². The van der Waals surface area contributed by atoms with E-state index < -0.39 is 66.4 Å². The molecular weight excluding hydrogens is 428 g/mol. The minimum Gasteiger partial charge on any atom is -0.481 e. The molecular formula is C19H26N4O9. The number of nitrogens with one attached hydrogen (secondary N) is 2. The highest BCUT2D eigenvalue weighted by molar-refractivity contribution is 6.12. The predicted molar refractivity (Wildman–Crippen MR) is 107 cm³/mol. The molecule has 0 aliphatic carbocycles. The maximum Gasteiger partial charge on any atom is 0.305 e. The number of carbonyl (C=O) groups excluding carboxylic acids is 5. The van der Waals surface area contributed by atoms with Crippen LogP contribution in [0.5, 0.6) is 0 Å². The zero-order valence-electron chi connectivity index (χ0n) is 17.2. The first-order valence-electron chi connectivity index (χ1n) is 9.87. The number of nitrogens with two attached hydrogens (primary N) is 1. The number of unbranched alkanes of at least 4 members (excludes halogenated alkanes) is 2. The number of nitrogens with zero attached hydrogens (tertiary/aromatic N) is 1. The Morgan fingerprint density at radius 3 is 2.03 bits per heavy atom. The number of imide groups is 1. The molecule has 176 valence electrons. The molecule has 0 aromatic heterocycles. The number of carbonyl (C=O) groups is 7. The molecule has 32 heavy (non-hydrogen) atoms. The summed E-state index contributed by atoms with van der Waals surface area (Å²) in [5, 5.41) is 22.1. The molecule has 0 fully saturated rings. The van der Waals surface area contributed by atoms with Gasteiger partial charge in [-0.3, -0.25) is 38.5 Å². The van der Waals surface area contributed by atoms with E-state index in [2.05, 4.69) is 10.6 Å². The summed E-state index contributed by atoms with van der Waals surface area (Å²) in [5.74, 6) is -5.96. The second-order valence-electron chi connectivity index (χ2n) is 7.09. The minimum atomic E-state index is -1.49. The molecule has 0 spiro atoms. The van der Waals surface area contributed by atoms with E-state index in [1.54, 1.807) is 0 Å². The van der Waals surface area contributed by atoms with Crippen LogP contribution in [0.3, 0.4) is 0 Å². The highest BCUT2D eigenvalue weighted by Gasteiger charge is 2.28. The predicted octanol–water partition coefficient (Wildman–Crippen LogP) is -1.73. The van der Waals surface area contributed by atoms with Crippen molar-refractivity contribution >= 4 is 41.5 Å². The van der Waals surface area contributed by atoms with Crippen molar-refractivity contribution in [1.29, 1.82) is 0 Å². The summed E-state index contributed by atoms with van der Waals surface area (Å²) in [4.78, 5) is 81.5. The van der Waals surface area contributed by atoms with Crippen LogP contribution in [-0.2, 0) is 33.6 Å². The van der Waals surface area contributed by atoms with Gasteiger partial charge in [0.2, 0.25) is 17.7 Å². The van der Waals surface area contributed by atoms with Gasteiger partial charge in [-0.15, -0.1) is 0 Å². The maximum atomic E-state index is 12.3. The third-order valence-corrected chi connectivity index (χ3v) is 4.52. The average molecular weight is 454 g/mol. The van der Waals surface area contributed by atoms with Crippen molar-refractivity contribution in [3.05, 3.63) is 12.2 Å². The molecule has 1 aliphatic rings. The van der Waals surface area contributed by atoms with E-state index in [9.17, 15) is 33.6 Å². The molecule has 0 aromatic rings. The van der Waals surface area contributed by atoms with Gasteiger partial charge in [0, 0.05) is 31.5 Å². The summed E-state index contributed by atoms with van der Waals surface area (Å²) in [7, 11) is 0. The molecule has 2 atom stereocenters. The fourth-order valence-electron chi connectivity index (χ4n) is 2.86. The number of aliphatic carboxylic acids is 2. The number of rotatable bonds is 15. The van der Waals surface area contributed by atoms with Crippen LogP contribution >= 0.6 is 0 Å². The molecule has 0 saturated carbocycles. The molecule has 6 N–H and O–H groups in total. The first-order chi connectivity index (χ1) is 15.0. The highest BCUT2D eigenvalue weighted by atomic mass is 16.4. The van der Waals surface area contributed by atoms with Crippen LogP contribution in [0.2, 0.25) is 0 Å². The van der Waals surface area contributed by atoms with Crippen molar-refractivity contribution in [2.45, 2.75) is 57.0 Å². The van der Waals surface area contributed by atoms with E-state index in [1.807, 2.05) is 0 Å². The van der Waals surface area contributed by atoms with E-state index in [0.717, 1.165) is 4.90 Å². The largest absolute Gasteiger partial charge is 0.481 e. The lowest BCUT2D eigenvalue weighted by Gasteiger charge is -2.20. The van der Waals surface area contributed by atoms with Crippen LogP contribution < -0.4 is 16.4 Å². The number of hydrogen-bond donors (Lipinski definition) is 5. The molecule has 0 unspecified atom stereocenters. The molecule has 0 aromatic carbocycles. The quantitative estimate of drug-likeness (QED) is 0.140. The standard InChI is InChI=1S/C19H26N4O9/c20-18(31)11(5-8-16(27)28)22-19(32)12(10-17(29)30)21-13(24)4-2-1-3-9-23-14(25)6-7-15(23)26/h6-7,11-12H,1-5,8-10H2,(H2,20,31)(H,21,24)(H,22,32)(H,27,28)(H,29,30)/t11-,12-/m0/s1. The van der Waals surface area contributed by atoms with Crippen LogP contribution in [0.15, 0.2) is 12.2 Å². The Balaban J connectivity index is 2.50. The van der Waals surface area contributed by atoms with Crippen molar-refractivity contribution in [1.82, 2.24) is 15.5 Å². The van der Waals surface area contributed by atoms with Gasteiger partial charge in [-0.1, -0.05) is 6.42 Å². The minimum absolute atomic E-state index is 0.0399. The summed E-state index contributed by atoms with van der Waals surface area (Å²) in [6, 6.07) is -2.82. The number of hydrogen-bond acceptors (Lipinski definition) is 7. The van der Waals surface area contributed by atoms with Crippen LogP contribution in [0.1, 0.15) is 44.9 Å². The molecule has 13 heteroatoms. The Morgan fingerprint density at radius 2 is 1.50 bits per heavy atom. The molecule has 0 saturated heterocycles. The Labute approximate surface area is 183 Å². The monoisotopic (exact) mass is 454 g/mol. The molecule has 0 bridgehead atoms. The summed E-state index contributed by atoms with van der Waals surface area (Å²) in [5.41, 5.74) is 5.13. The lowest BCUT2D eigenvalue weighted by molar-refractivity contribution is -0.141. The zero-order chi connectivity index (χ0) is 24.3. The van der Waals surface area contributed by atoms with Crippen molar-refractivity contribution in [2.24, 2.45) is 5.73 Å². The Morgan fingerprint density at radius 1 is 0.875 bits per heavy atom. The highest BCUT2D eigenvalue weighted by Crippen LogP contribution is 2.08. The summed E-state index contributed by atoms with van der Waals surface area (Å²) in [6.45, 7) is 0.210. The molecule has 1 aliphatic heterocycles. The van der Waals surface area contributed by atoms with E-state index >= 15 is 0 Å². The zero-order valence-corrected chi connectivity index (χ0v) is 17.2. The fourth-order valence-corrected chi connectivity index (χ4v) is 2.86. The van der Waals surface area contributed by atoms with Gasteiger partial charge < -0.3 is 26.6 Å². The van der Waals surface area contributed by atoms with Crippen LogP contribution in [0.25, 0.3) is 0 Å². The van der Waals surface area contributed by atoms with Gasteiger partial charge in [0.25, 0.3) is 11.8 Å². The normalized spacial score (nSPS) is 14.7. The van der Waals surface area contributed by atoms with E-state index in [-0.39, 0.29) is 19.4 Å². The molecule has 0 radical (unpaired) electrons. The summed E-state index contributed by atoms with van der Waals surface area (Å²) >= 11 is 0. The lowest BCUT2D eigenvalue weighted by Crippen LogP contribution is -2.53. The average Bonchev–Trinajstić information content (AvgIpc) is 3.01. The Kier molecular flexibility index (Phi) is 10.5. The number of carboxylic acids is 2. The Hall–Kier alpha value is -3.77. The van der Waals surface area contributed by atoms with E-state index in [1.165, 1.54) is 12.2 Å². The van der Waals surface area contributed by atoms with Crippen molar-refractivity contribution < 1.29 is 43.8 Å². The van der Waals surface area contributed by atoms with Crippen LogP contribution in [0.4, 0.5) is 0 Å². The van der Waals surface area contributed by atoms with Crippen molar-refractivity contribution in [3.8, 4) is 0 Å². The molecule has 5 amide bonds. The van der Waals surface area contributed by atoms with Crippen molar-refractivity contribution in [2.75, 3.05) is 6.54 Å². The van der Waals surface area contributed by atoms with Gasteiger partial charge in [0.15, 0.2) is 0 Å². The van der Waals surface area contributed by atoms with Gasteiger partial charge in [-0.25, -0.2) is 0 Å². The van der Waals surface area contributed by atoms with Crippen LogP contribution in [0, 0.1) is 0 Å². The number of primary amides is 1. The van der Waals surface area contributed by atoms with Gasteiger partial charge in [-0.05, 0) is 19.3 Å². The molecule has 1 heterocycles. The lowest BCUT2D eigenvalue weighted by atomic mass is 10.1. The van der Waals surface area contributed by atoms with Gasteiger partial charge in [0.1, 0.15) is 12.1 Å². The third-order valence-electron chi connectivity index (χ3n) is 4.52. The maximum absolute atomic E-state index is 12.3. The Bertz CT molecular complexity index is 791. The second-order valence-corrected chi connectivity index (χ2v) is 7.09. The topological polar surface area (TPSA) is 213 Å². The van der Waals surface area contributed by atoms with Crippen molar-refractivity contribution in [3.63, 3.8) is 0 Å². The SMILES string of the molecule is NC(=O)[C@H](CCC(=O)O)NC(=O)[C@H](CC(=O)O)NC(=O)CCCCCN1C(=O)C=CC1=O. The first kappa shape index (κ1) is 26.3.